The lowest BCUT2D eigenvalue weighted by molar-refractivity contribution is 0.255. The predicted octanol–water partition coefficient (Wildman–Crippen LogP) is 4.95. The molecule has 2 aromatic carbocycles. The Hall–Kier alpha value is -4.16. The van der Waals surface area contributed by atoms with Crippen LogP contribution in [0.15, 0.2) is 55.0 Å². The smallest absolute Gasteiger partial charge is 0.124 e. The fraction of sp³-hybridized carbons (Fsp3) is 0.379. The van der Waals surface area contributed by atoms with Gasteiger partial charge in [-0.1, -0.05) is 0 Å². The zero-order chi connectivity index (χ0) is 26.5. The lowest BCUT2D eigenvalue weighted by Crippen LogP contribution is -2.32. The molecule has 196 valence electrons. The summed E-state index contributed by atoms with van der Waals surface area (Å²) >= 11 is 0. The van der Waals surface area contributed by atoms with Gasteiger partial charge in [0, 0.05) is 67.5 Å². The van der Waals surface area contributed by atoms with Crippen molar-refractivity contribution in [1.29, 1.82) is 5.26 Å². The minimum Gasteiger partial charge on any atom is -0.497 e. The van der Waals surface area contributed by atoms with Crippen LogP contribution in [0, 0.1) is 11.3 Å². The number of nitriles is 1. The second kappa shape index (κ2) is 11.5. The van der Waals surface area contributed by atoms with E-state index in [1.807, 2.05) is 37.5 Å². The highest BCUT2D eigenvalue weighted by Gasteiger charge is 2.24. The molecule has 0 saturated carbocycles. The monoisotopic (exact) mass is 511 g/mol. The molecule has 5 rings (SSSR count). The standard InChI is InChI=1S/C29H33N7O2/c1-34-20-21(18-32-34)29-19-31-27-8-7-23(16-28(27)33-29)36(24-14-25(37-2)17-26(15-24)38-3)13-5-12-35-11-4-6-22(35)9-10-30/h7-8,14-20,22H,4-6,9,11-13H2,1-3H3/t22-/m1/s1. The number of benzene rings is 2. The van der Waals surface area contributed by atoms with Crippen molar-refractivity contribution in [2.75, 3.05) is 38.8 Å². The lowest BCUT2D eigenvalue weighted by Gasteiger charge is -2.28. The minimum absolute atomic E-state index is 0.368. The Balaban J connectivity index is 1.47. The number of methoxy groups -OCH3 is 2. The third-order valence-corrected chi connectivity index (χ3v) is 7.14. The number of hydrogen-bond donors (Lipinski definition) is 0. The Labute approximate surface area is 223 Å². The normalized spacial score (nSPS) is 15.5. The number of likely N-dealkylation sites (tertiary alicyclic amines) is 1. The van der Waals surface area contributed by atoms with Gasteiger partial charge in [0.05, 0.1) is 55.8 Å². The Morgan fingerprint density at radius 1 is 1.05 bits per heavy atom. The molecule has 1 aliphatic rings. The zero-order valence-electron chi connectivity index (χ0n) is 22.2. The van der Waals surface area contributed by atoms with Crippen molar-refractivity contribution < 1.29 is 9.47 Å². The van der Waals surface area contributed by atoms with E-state index in [0.717, 1.165) is 84.1 Å². The molecule has 0 aliphatic carbocycles. The van der Waals surface area contributed by atoms with Gasteiger partial charge in [0.25, 0.3) is 0 Å². The highest BCUT2D eigenvalue weighted by molar-refractivity contribution is 5.82. The maximum Gasteiger partial charge on any atom is 0.124 e. The molecule has 3 heterocycles. The van der Waals surface area contributed by atoms with Crippen molar-refractivity contribution in [2.24, 2.45) is 7.05 Å². The molecule has 9 heteroatoms. The summed E-state index contributed by atoms with van der Waals surface area (Å²) in [6.07, 6.45) is 9.33. The van der Waals surface area contributed by atoms with Crippen LogP contribution in [0.1, 0.15) is 25.7 Å². The first kappa shape index (κ1) is 25.5. The van der Waals surface area contributed by atoms with E-state index < -0.39 is 0 Å². The van der Waals surface area contributed by atoms with E-state index in [-0.39, 0.29) is 0 Å². The zero-order valence-corrected chi connectivity index (χ0v) is 22.2. The first-order valence-electron chi connectivity index (χ1n) is 13.0. The van der Waals surface area contributed by atoms with Gasteiger partial charge in [-0.2, -0.15) is 10.4 Å². The number of nitrogens with zero attached hydrogens (tertiary/aromatic N) is 7. The van der Waals surface area contributed by atoms with Gasteiger partial charge < -0.3 is 14.4 Å². The fourth-order valence-corrected chi connectivity index (χ4v) is 5.17. The highest BCUT2D eigenvalue weighted by Crippen LogP contribution is 2.34. The Bertz CT molecular complexity index is 1420. The number of ether oxygens (including phenoxy) is 2. The Kier molecular flexibility index (Phi) is 7.70. The summed E-state index contributed by atoms with van der Waals surface area (Å²) < 4.78 is 12.9. The van der Waals surface area contributed by atoms with E-state index in [2.05, 4.69) is 38.1 Å². The molecule has 1 atom stereocenters. The van der Waals surface area contributed by atoms with Gasteiger partial charge in [-0.15, -0.1) is 0 Å². The first-order valence-corrected chi connectivity index (χ1v) is 13.0. The molecule has 9 nitrogen and oxygen atoms in total. The average molecular weight is 512 g/mol. The van der Waals surface area contributed by atoms with Crippen LogP contribution in [0.3, 0.4) is 0 Å². The number of rotatable bonds is 10. The van der Waals surface area contributed by atoms with Gasteiger partial charge >= 0.3 is 0 Å². The summed E-state index contributed by atoms with van der Waals surface area (Å²) in [7, 11) is 5.22. The van der Waals surface area contributed by atoms with Gasteiger partial charge in [-0.05, 0) is 44.0 Å². The van der Waals surface area contributed by atoms with Gasteiger partial charge in [-0.25, -0.2) is 4.98 Å². The number of aryl methyl sites for hydroxylation is 1. The van der Waals surface area contributed by atoms with Crippen LogP contribution in [0.4, 0.5) is 11.4 Å². The van der Waals surface area contributed by atoms with E-state index in [1.54, 1.807) is 31.3 Å². The van der Waals surface area contributed by atoms with Crippen molar-refractivity contribution in [1.82, 2.24) is 24.6 Å². The lowest BCUT2D eigenvalue weighted by atomic mass is 10.1. The molecule has 38 heavy (non-hydrogen) atoms. The number of hydrogen-bond acceptors (Lipinski definition) is 8. The molecular weight excluding hydrogens is 478 g/mol. The Morgan fingerprint density at radius 2 is 1.87 bits per heavy atom. The molecule has 0 spiro atoms. The summed E-state index contributed by atoms with van der Waals surface area (Å²) in [6.45, 7) is 2.79. The molecule has 0 bridgehead atoms. The van der Waals surface area contributed by atoms with Crippen molar-refractivity contribution in [3.63, 3.8) is 0 Å². The van der Waals surface area contributed by atoms with Crippen molar-refractivity contribution in [3.8, 4) is 28.8 Å². The van der Waals surface area contributed by atoms with E-state index in [9.17, 15) is 5.26 Å². The first-order chi connectivity index (χ1) is 18.6. The number of fused-ring (bicyclic) bond motifs is 1. The predicted molar refractivity (Wildman–Crippen MR) is 148 cm³/mol. The van der Waals surface area contributed by atoms with Crippen LogP contribution in [0.25, 0.3) is 22.3 Å². The maximum absolute atomic E-state index is 9.21. The van der Waals surface area contributed by atoms with Gasteiger partial charge in [0.2, 0.25) is 0 Å². The number of aromatic nitrogens is 4. The van der Waals surface area contributed by atoms with Crippen molar-refractivity contribution in [3.05, 3.63) is 55.0 Å². The second-order valence-electron chi connectivity index (χ2n) is 9.60. The summed E-state index contributed by atoms with van der Waals surface area (Å²) in [5.74, 6) is 1.47. The quantitative estimate of drug-likeness (QED) is 0.295. The second-order valence-corrected chi connectivity index (χ2v) is 9.60. The molecule has 0 N–H and O–H groups in total. The van der Waals surface area contributed by atoms with Gasteiger partial charge in [-0.3, -0.25) is 14.6 Å². The van der Waals surface area contributed by atoms with Crippen LogP contribution >= 0.6 is 0 Å². The summed E-state index contributed by atoms with van der Waals surface area (Å²) in [6, 6.07) is 14.8. The molecule has 1 aliphatic heterocycles. The van der Waals surface area contributed by atoms with Gasteiger partial charge in [0.15, 0.2) is 0 Å². The molecule has 1 saturated heterocycles. The topological polar surface area (TPSA) is 92.3 Å². The molecule has 0 amide bonds. The van der Waals surface area contributed by atoms with Gasteiger partial charge in [0.1, 0.15) is 11.5 Å². The molecule has 1 fully saturated rings. The largest absolute Gasteiger partial charge is 0.497 e. The summed E-state index contributed by atoms with van der Waals surface area (Å²) in [4.78, 5) is 14.3. The van der Waals surface area contributed by atoms with Crippen LogP contribution < -0.4 is 14.4 Å². The van der Waals surface area contributed by atoms with E-state index in [1.165, 1.54) is 0 Å². The Morgan fingerprint density at radius 3 is 2.58 bits per heavy atom. The molecule has 0 unspecified atom stereocenters. The molecule has 0 radical (unpaired) electrons. The average Bonchev–Trinajstić information content (AvgIpc) is 3.59. The SMILES string of the molecule is COc1cc(OC)cc(N(CCCN2CCC[C@@H]2CC#N)c2ccc3ncc(-c4cnn(C)c4)nc3c2)c1. The summed E-state index contributed by atoms with van der Waals surface area (Å²) in [5.41, 5.74) is 5.36. The van der Waals surface area contributed by atoms with E-state index >= 15 is 0 Å². The van der Waals surface area contributed by atoms with Crippen LogP contribution in [0.5, 0.6) is 11.5 Å². The number of anilines is 2. The van der Waals surface area contributed by atoms with E-state index in [4.69, 9.17) is 14.5 Å². The highest BCUT2D eigenvalue weighted by atomic mass is 16.5. The van der Waals surface area contributed by atoms with Crippen molar-refractivity contribution >= 4 is 22.4 Å². The third-order valence-electron chi connectivity index (χ3n) is 7.14. The third kappa shape index (κ3) is 5.55. The van der Waals surface area contributed by atoms with Crippen molar-refractivity contribution in [2.45, 2.75) is 31.7 Å². The van der Waals surface area contributed by atoms with E-state index in [0.29, 0.717) is 12.5 Å². The summed E-state index contributed by atoms with van der Waals surface area (Å²) in [5, 5.41) is 13.5. The minimum atomic E-state index is 0.368. The molecule has 4 aromatic rings. The molecule has 2 aromatic heterocycles. The fourth-order valence-electron chi connectivity index (χ4n) is 5.17. The maximum atomic E-state index is 9.21. The van der Waals surface area contributed by atoms with Crippen LogP contribution in [-0.2, 0) is 7.05 Å². The van der Waals surface area contributed by atoms with Crippen LogP contribution in [-0.4, -0.2) is 64.5 Å². The molecular formula is C29H33N7O2. The van der Waals surface area contributed by atoms with Crippen LogP contribution in [0.2, 0.25) is 0 Å².